The molecular weight excluding hydrogens is 234 g/mol. The van der Waals surface area contributed by atoms with Crippen LogP contribution in [0.25, 0.3) is 0 Å². The summed E-state index contributed by atoms with van der Waals surface area (Å²) in [6, 6.07) is 7.78. The van der Waals surface area contributed by atoms with Crippen LogP contribution in [0.15, 0.2) is 35.2 Å². The van der Waals surface area contributed by atoms with Crippen LogP contribution in [0.1, 0.15) is 24.2 Å². The first-order valence-corrected chi connectivity index (χ1v) is 6.36. The molecule has 0 bridgehead atoms. The second-order valence-corrected chi connectivity index (χ2v) is 4.24. The molecule has 0 aliphatic carbocycles. The fraction of sp³-hybridized carbons (Fsp3) is 0.250. The number of hydrogen-bond donors (Lipinski definition) is 2. The van der Waals surface area contributed by atoms with E-state index in [1.807, 2.05) is 36.6 Å². The molecule has 0 radical (unpaired) electrons. The number of rotatable bonds is 5. The van der Waals surface area contributed by atoms with Crippen molar-refractivity contribution in [2.45, 2.75) is 13.0 Å². The van der Waals surface area contributed by atoms with Gasteiger partial charge in [0.05, 0.1) is 23.9 Å². The summed E-state index contributed by atoms with van der Waals surface area (Å²) < 4.78 is 5.47. The summed E-state index contributed by atoms with van der Waals surface area (Å²) in [5, 5.41) is 1.98. The molecule has 0 saturated carbocycles. The Labute approximate surface area is 104 Å². The molecule has 17 heavy (non-hydrogen) atoms. The Balaban J connectivity index is 2.28. The third-order valence-electron chi connectivity index (χ3n) is 2.42. The third kappa shape index (κ3) is 2.82. The number of nitrogens with one attached hydrogen (secondary N) is 1. The highest BCUT2D eigenvalue weighted by Crippen LogP contribution is 2.24. The highest BCUT2D eigenvalue weighted by Gasteiger charge is 2.14. The molecule has 90 valence electrons. The summed E-state index contributed by atoms with van der Waals surface area (Å²) in [6.45, 7) is 2.62. The van der Waals surface area contributed by atoms with Crippen molar-refractivity contribution in [3.63, 3.8) is 0 Å². The van der Waals surface area contributed by atoms with Gasteiger partial charge in [0.25, 0.3) is 0 Å². The minimum atomic E-state index is -0.0957. The molecule has 0 aliphatic rings. The minimum Gasteiger partial charge on any atom is -0.494 e. The van der Waals surface area contributed by atoms with Crippen molar-refractivity contribution >= 4 is 11.3 Å². The Hall–Kier alpha value is -1.43. The van der Waals surface area contributed by atoms with Crippen LogP contribution in [0.2, 0.25) is 0 Å². The number of benzene rings is 1. The molecule has 2 rings (SSSR count). The van der Waals surface area contributed by atoms with Crippen molar-refractivity contribution in [3.8, 4) is 5.75 Å². The zero-order valence-electron chi connectivity index (χ0n) is 9.59. The number of aromatic nitrogens is 1. The molecule has 2 aromatic rings. The van der Waals surface area contributed by atoms with Crippen LogP contribution in [0.5, 0.6) is 5.75 Å². The fourth-order valence-electron chi connectivity index (χ4n) is 1.67. The Morgan fingerprint density at radius 2 is 2.41 bits per heavy atom. The fourth-order valence-corrected chi connectivity index (χ4v) is 2.25. The van der Waals surface area contributed by atoms with Crippen LogP contribution in [0, 0.1) is 0 Å². The molecule has 5 heteroatoms. The summed E-state index contributed by atoms with van der Waals surface area (Å²) >= 11 is 1.55. The van der Waals surface area contributed by atoms with E-state index in [2.05, 4.69) is 10.4 Å². The smallest absolute Gasteiger partial charge is 0.119 e. The van der Waals surface area contributed by atoms with Crippen LogP contribution in [0.4, 0.5) is 0 Å². The summed E-state index contributed by atoms with van der Waals surface area (Å²) in [7, 11) is 0. The normalized spacial score (nSPS) is 12.4. The number of hydrazine groups is 1. The highest BCUT2D eigenvalue weighted by molar-refractivity contribution is 7.07. The van der Waals surface area contributed by atoms with Crippen LogP contribution in [0.3, 0.4) is 0 Å². The standard InChI is InChI=1S/C12H15N3OS/c1-2-16-10-5-3-4-9(6-10)12(15-13)11-7-17-8-14-11/h3-8,12,15H,2,13H2,1H3. The molecule has 1 aromatic heterocycles. The summed E-state index contributed by atoms with van der Waals surface area (Å²) in [5.41, 5.74) is 6.54. The lowest BCUT2D eigenvalue weighted by molar-refractivity contribution is 0.339. The van der Waals surface area contributed by atoms with E-state index in [9.17, 15) is 0 Å². The number of thiazole rings is 1. The van der Waals surface area contributed by atoms with Gasteiger partial charge in [0, 0.05) is 5.38 Å². The third-order valence-corrected chi connectivity index (χ3v) is 3.02. The minimum absolute atomic E-state index is 0.0957. The molecule has 0 aliphatic heterocycles. The largest absolute Gasteiger partial charge is 0.494 e. The molecule has 1 aromatic carbocycles. The Kier molecular flexibility index (Phi) is 4.08. The molecule has 1 unspecified atom stereocenters. The predicted molar refractivity (Wildman–Crippen MR) is 68.9 cm³/mol. The van der Waals surface area contributed by atoms with E-state index in [0.29, 0.717) is 6.61 Å². The first-order valence-electron chi connectivity index (χ1n) is 5.42. The molecule has 1 atom stereocenters. The van der Waals surface area contributed by atoms with Crippen molar-refractivity contribution in [2.24, 2.45) is 5.84 Å². The Bertz CT molecular complexity index is 459. The van der Waals surface area contributed by atoms with E-state index in [1.165, 1.54) is 0 Å². The maximum Gasteiger partial charge on any atom is 0.119 e. The van der Waals surface area contributed by atoms with Crippen molar-refractivity contribution < 1.29 is 4.74 Å². The van der Waals surface area contributed by atoms with Crippen molar-refractivity contribution in [1.82, 2.24) is 10.4 Å². The highest BCUT2D eigenvalue weighted by atomic mass is 32.1. The van der Waals surface area contributed by atoms with Crippen molar-refractivity contribution in [2.75, 3.05) is 6.61 Å². The van der Waals surface area contributed by atoms with Gasteiger partial charge in [0.1, 0.15) is 5.75 Å². The van der Waals surface area contributed by atoms with Crippen LogP contribution >= 0.6 is 11.3 Å². The Morgan fingerprint density at radius 3 is 3.06 bits per heavy atom. The predicted octanol–water partition coefficient (Wildman–Crippen LogP) is 2.09. The quantitative estimate of drug-likeness (QED) is 0.629. The SMILES string of the molecule is CCOc1cccc(C(NN)c2cscn2)c1. The number of nitrogens with zero attached hydrogens (tertiary/aromatic N) is 1. The lowest BCUT2D eigenvalue weighted by Crippen LogP contribution is -2.29. The van der Waals surface area contributed by atoms with Gasteiger partial charge in [-0.2, -0.15) is 0 Å². The van der Waals surface area contributed by atoms with E-state index in [0.717, 1.165) is 17.0 Å². The van der Waals surface area contributed by atoms with Gasteiger partial charge in [-0.25, -0.2) is 10.4 Å². The lowest BCUT2D eigenvalue weighted by atomic mass is 10.1. The molecule has 0 saturated heterocycles. The zero-order valence-corrected chi connectivity index (χ0v) is 10.4. The van der Waals surface area contributed by atoms with Gasteiger partial charge in [-0.15, -0.1) is 11.3 Å². The summed E-state index contributed by atoms with van der Waals surface area (Å²) in [6.07, 6.45) is 0. The van der Waals surface area contributed by atoms with Gasteiger partial charge in [0.15, 0.2) is 0 Å². The van der Waals surface area contributed by atoms with E-state index >= 15 is 0 Å². The van der Waals surface area contributed by atoms with E-state index in [4.69, 9.17) is 10.6 Å². The van der Waals surface area contributed by atoms with E-state index in [1.54, 1.807) is 16.8 Å². The van der Waals surface area contributed by atoms with Gasteiger partial charge in [-0.1, -0.05) is 12.1 Å². The molecule has 0 spiro atoms. The van der Waals surface area contributed by atoms with Crippen molar-refractivity contribution in [3.05, 3.63) is 46.4 Å². The number of hydrogen-bond acceptors (Lipinski definition) is 5. The van der Waals surface area contributed by atoms with E-state index in [-0.39, 0.29) is 6.04 Å². The monoisotopic (exact) mass is 249 g/mol. The van der Waals surface area contributed by atoms with Crippen LogP contribution < -0.4 is 16.0 Å². The maximum absolute atomic E-state index is 5.59. The van der Waals surface area contributed by atoms with Crippen molar-refractivity contribution in [1.29, 1.82) is 0 Å². The molecule has 1 heterocycles. The summed E-state index contributed by atoms with van der Waals surface area (Å²) in [4.78, 5) is 4.27. The number of ether oxygens (including phenoxy) is 1. The van der Waals surface area contributed by atoms with Gasteiger partial charge in [0.2, 0.25) is 0 Å². The van der Waals surface area contributed by atoms with Gasteiger partial charge in [-0.05, 0) is 24.6 Å². The molecule has 3 N–H and O–H groups in total. The second-order valence-electron chi connectivity index (χ2n) is 3.52. The lowest BCUT2D eigenvalue weighted by Gasteiger charge is -2.15. The number of nitrogens with two attached hydrogens (primary N) is 1. The topological polar surface area (TPSA) is 60.2 Å². The zero-order chi connectivity index (χ0) is 12.1. The van der Waals surface area contributed by atoms with Crippen LogP contribution in [-0.2, 0) is 0 Å². The van der Waals surface area contributed by atoms with Gasteiger partial charge in [-0.3, -0.25) is 5.84 Å². The molecule has 0 fully saturated rings. The second kappa shape index (κ2) is 5.77. The average Bonchev–Trinajstić information content (AvgIpc) is 2.85. The average molecular weight is 249 g/mol. The molecular formula is C12H15N3OS. The van der Waals surface area contributed by atoms with Crippen LogP contribution in [-0.4, -0.2) is 11.6 Å². The van der Waals surface area contributed by atoms with Gasteiger partial charge >= 0.3 is 0 Å². The van der Waals surface area contributed by atoms with E-state index < -0.39 is 0 Å². The molecule has 0 amide bonds. The summed E-state index contributed by atoms with van der Waals surface area (Å²) in [5.74, 6) is 6.44. The Morgan fingerprint density at radius 1 is 1.53 bits per heavy atom. The first-order chi connectivity index (χ1) is 8.35. The first kappa shape index (κ1) is 12.0. The van der Waals surface area contributed by atoms with Gasteiger partial charge < -0.3 is 4.74 Å². The molecule has 4 nitrogen and oxygen atoms in total. The maximum atomic E-state index is 5.59.